The third kappa shape index (κ3) is 3.49. The molecule has 2 saturated heterocycles. The van der Waals surface area contributed by atoms with Crippen LogP contribution < -0.4 is 10.2 Å². The number of carbonyl (C=O) groups is 2. The molecule has 0 spiro atoms. The van der Waals surface area contributed by atoms with Crippen LogP contribution in [0.1, 0.15) is 18.1 Å². The molecule has 1 aliphatic carbocycles. The van der Waals surface area contributed by atoms with Crippen LogP contribution in [-0.4, -0.2) is 54.2 Å². The summed E-state index contributed by atoms with van der Waals surface area (Å²) < 4.78 is 5.34. The normalized spacial score (nSPS) is 28.7. The molecule has 0 radical (unpaired) electrons. The fourth-order valence-corrected chi connectivity index (χ4v) is 5.26. The third-order valence-electron chi connectivity index (χ3n) is 6.91. The van der Waals surface area contributed by atoms with Crippen LogP contribution in [0.2, 0.25) is 0 Å². The van der Waals surface area contributed by atoms with E-state index in [4.69, 9.17) is 4.74 Å². The Morgan fingerprint density at radius 3 is 2.50 bits per heavy atom. The molecule has 3 aliphatic rings. The molecular formula is C24H25N5O3. The summed E-state index contributed by atoms with van der Waals surface area (Å²) in [5.74, 6) is 0.512. The largest absolute Gasteiger partial charge is 0.442 e. The third-order valence-corrected chi connectivity index (χ3v) is 6.91. The molecule has 1 aromatic heterocycles. The Bertz CT molecular complexity index is 1050. The van der Waals surface area contributed by atoms with E-state index in [9.17, 15) is 14.9 Å². The first-order valence-corrected chi connectivity index (χ1v) is 10.9. The SMILES string of the molecule is CC(=O)NC[C@H]1CN(c2ccc(C3(C#N)[C@@H]4CN(Cc5ccncc5)C[C@@H]43)cc2)C(=O)O1. The molecule has 8 nitrogen and oxygen atoms in total. The van der Waals surface area contributed by atoms with Crippen LogP contribution in [0.5, 0.6) is 0 Å². The summed E-state index contributed by atoms with van der Waals surface area (Å²) in [7, 11) is 0. The Kier molecular flexibility index (Phi) is 5.06. The molecule has 1 aromatic carbocycles. The van der Waals surface area contributed by atoms with Gasteiger partial charge in [0.05, 0.1) is 24.6 Å². The molecule has 3 fully saturated rings. The molecule has 1 N–H and O–H groups in total. The predicted molar refractivity (Wildman–Crippen MR) is 117 cm³/mol. The van der Waals surface area contributed by atoms with Crippen molar-refractivity contribution in [1.29, 1.82) is 5.26 Å². The van der Waals surface area contributed by atoms with Crippen molar-refractivity contribution in [2.24, 2.45) is 11.8 Å². The first-order chi connectivity index (χ1) is 15.5. The average molecular weight is 431 g/mol. The van der Waals surface area contributed by atoms with Crippen molar-refractivity contribution >= 4 is 17.7 Å². The molecule has 1 saturated carbocycles. The molecule has 3 heterocycles. The fourth-order valence-electron chi connectivity index (χ4n) is 5.26. The maximum atomic E-state index is 12.3. The number of nitrogens with zero attached hydrogens (tertiary/aromatic N) is 4. The van der Waals surface area contributed by atoms with Crippen LogP contribution >= 0.6 is 0 Å². The maximum Gasteiger partial charge on any atom is 0.414 e. The molecule has 2 amide bonds. The summed E-state index contributed by atoms with van der Waals surface area (Å²) in [6.45, 7) is 4.82. The number of carbonyl (C=O) groups excluding carboxylic acids is 2. The second-order valence-corrected chi connectivity index (χ2v) is 8.84. The lowest BCUT2D eigenvalue weighted by molar-refractivity contribution is -0.119. The van der Waals surface area contributed by atoms with Gasteiger partial charge in [-0.15, -0.1) is 0 Å². The second kappa shape index (κ2) is 7.92. The number of hydrogen-bond donors (Lipinski definition) is 1. The van der Waals surface area contributed by atoms with Crippen LogP contribution in [-0.2, 0) is 21.5 Å². The number of piperidine rings is 1. The highest BCUT2D eigenvalue weighted by atomic mass is 16.6. The molecule has 2 aromatic rings. The van der Waals surface area contributed by atoms with Gasteiger partial charge in [-0.1, -0.05) is 12.1 Å². The van der Waals surface area contributed by atoms with E-state index in [1.165, 1.54) is 12.5 Å². The van der Waals surface area contributed by atoms with Crippen LogP contribution in [0.25, 0.3) is 0 Å². The van der Waals surface area contributed by atoms with E-state index in [1.54, 1.807) is 4.90 Å². The van der Waals surface area contributed by atoms with E-state index in [1.807, 2.05) is 48.8 Å². The van der Waals surface area contributed by atoms with Gasteiger partial charge in [0.15, 0.2) is 0 Å². The number of nitrogens with one attached hydrogen (secondary N) is 1. The molecule has 0 bridgehead atoms. The van der Waals surface area contributed by atoms with E-state index in [0.29, 0.717) is 24.9 Å². The number of pyridine rings is 1. The zero-order valence-corrected chi connectivity index (χ0v) is 17.9. The van der Waals surface area contributed by atoms with Gasteiger partial charge < -0.3 is 10.1 Å². The highest BCUT2D eigenvalue weighted by Gasteiger charge is 2.69. The molecule has 164 valence electrons. The predicted octanol–water partition coefficient (Wildman–Crippen LogP) is 2.07. The molecule has 2 aliphatic heterocycles. The van der Waals surface area contributed by atoms with Crippen LogP contribution in [0.3, 0.4) is 0 Å². The Morgan fingerprint density at radius 2 is 1.88 bits per heavy atom. The lowest BCUT2D eigenvalue weighted by Gasteiger charge is -2.23. The van der Waals surface area contributed by atoms with Gasteiger partial charge in [0, 0.05) is 56.5 Å². The average Bonchev–Trinajstić information content (AvgIpc) is 3.06. The number of amides is 2. The summed E-state index contributed by atoms with van der Waals surface area (Å²) in [4.78, 5) is 31.4. The van der Waals surface area contributed by atoms with Gasteiger partial charge in [-0.2, -0.15) is 5.26 Å². The Morgan fingerprint density at radius 1 is 1.19 bits per heavy atom. The summed E-state index contributed by atoms with van der Waals surface area (Å²) in [6.07, 6.45) is 2.83. The Balaban J connectivity index is 1.23. The number of benzene rings is 1. The van der Waals surface area contributed by atoms with Crippen molar-refractivity contribution in [3.63, 3.8) is 0 Å². The van der Waals surface area contributed by atoms with Crippen molar-refractivity contribution in [1.82, 2.24) is 15.2 Å². The van der Waals surface area contributed by atoms with Gasteiger partial charge in [-0.05, 0) is 35.4 Å². The number of anilines is 1. The van der Waals surface area contributed by atoms with E-state index < -0.39 is 11.5 Å². The fraction of sp³-hybridized carbons (Fsp3) is 0.417. The van der Waals surface area contributed by atoms with Crippen LogP contribution in [0.4, 0.5) is 10.5 Å². The van der Waals surface area contributed by atoms with Crippen molar-refractivity contribution in [3.8, 4) is 6.07 Å². The number of nitriles is 1. The first-order valence-electron chi connectivity index (χ1n) is 10.9. The van der Waals surface area contributed by atoms with Gasteiger partial charge in [-0.25, -0.2) is 4.79 Å². The highest BCUT2D eigenvalue weighted by molar-refractivity contribution is 5.89. The van der Waals surface area contributed by atoms with Gasteiger partial charge in [0.1, 0.15) is 6.10 Å². The van der Waals surface area contributed by atoms with Gasteiger partial charge in [0.25, 0.3) is 0 Å². The molecule has 5 rings (SSSR count). The van der Waals surface area contributed by atoms with Crippen molar-refractivity contribution in [2.45, 2.75) is 25.0 Å². The highest BCUT2D eigenvalue weighted by Crippen LogP contribution is 2.63. The Hall–Kier alpha value is -3.44. The maximum absolute atomic E-state index is 12.3. The molecule has 8 heteroatoms. The summed E-state index contributed by atoms with van der Waals surface area (Å²) in [6, 6.07) is 14.4. The first kappa shape index (κ1) is 20.5. The topological polar surface area (TPSA) is 98.6 Å². The number of ether oxygens (including phenoxy) is 1. The number of aromatic nitrogens is 1. The van der Waals surface area contributed by atoms with E-state index in [0.717, 1.165) is 30.9 Å². The quantitative estimate of drug-likeness (QED) is 0.752. The second-order valence-electron chi connectivity index (χ2n) is 8.84. The number of rotatable bonds is 6. The zero-order chi connectivity index (χ0) is 22.3. The summed E-state index contributed by atoms with van der Waals surface area (Å²) in [5, 5.41) is 12.7. The lowest BCUT2D eigenvalue weighted by Crippen LogP contribution is -2.33. The van der Waals surface area contributed by atoms with Gasteiger partial charge in [-0.3, -0.25) is 19.6 Å². The molecule has 4 atom stereocenters. The van der Waals surface area contributed by atoms with Gasteiger partial charge in [0.2, 0.25) is 5.91 Å². The van der Waals surface area contributed by atoms with Crippen molar-refractivity contribution < 1.29 is 14.3 Å². The summed E-state index contributed by atoms with van der Waals surface area (Å²) >= 11 is 0. The monoisotopic (exact) mass is 431 g/mol. The zero-order valence-electron chi connectivity index (χ0n) is 17.9. The minimum Gasteiger partial charge on any atom is -0.442 e. The summed E-state index contributed by atoms with van der Waals surface area (Å²) in [5.41, 5.74) is 2.56. The molecule has 1 unspecified atom stereocenters. The van der Waals surface area contributed by atoms with Crippen LogP contribution in [0.15, 0.2) is 48.8 Å². The van der Waals surface area contributed by atoms with Crippen LogP contribution in [0, 0.1) is 23.2 Å². The minimum atomic E-state index is -0.438. The number of hydrogen-bond acceptors (Lipinski definition) is 6. The van der Waals surface area contributed by atoms with Crippen molar-refractivity contribution in [3.05, 3.63) is 59.9 Å². The minimum absolute atomic E-state index is 0.153. The standard InChI is InChI=1S/C24H25N5O3/c1-16(30)27-10-20-12-29(23(31)32-20)19-4-2-18(3-5-19)24(15-25)21-13-28(14-22(21)24)11-17-6-8-26-9-7-17/h2-9,20-22H,10-14H2,1H3,(H,27,30)/t20-,21-,22+,24?/m0/s1. The lowest BCUT2D eigenvalue weighted by atomic mass is 9.91. The molecular weight excluding hydrogens is 406 g/mol. The van der Waals surface area contributed by atoms with E-state index >= 15 is 0 Å². The Labute approximate surface area is 186 Å². The van der Waals surface area contributed by atoms with Crippen molar-refractivity contribution in [2.75, 3.05) is 31.1 Å². The molecule has 32 heavy (non-hydrogen) atoms. The van der Waals surface area contributed by atoms with Gasteiger partial charge >= 0.3 is 6.09 Å². The number of likely N-dealkylation sites (tertiary alicyclic amines) is 1. The number of cyclic esters (lactones) is 1. The van der Waals surface area contributed by atoms with E-state index in [2.05, 4.69) is 21.3 Å². The number of fused-ring (bicyclic) bond motifs is 1. The smallest absolute Gasteiger partial charge is 0.414 e. The van der Waals surface area contributed by atoms with E-state index in [-0.39, 0.29) is 12.0 Å².